The molecule has 5 heteroatoms. The van der Waals surface area contributed by atoms with Gasteiger partial charge in [-0.15, -0.1) is 0 Å². The normalized spacial score (nSPS) is 16.5. The highest BCUT2D eigenvalue weighted by atomic mass is 28.4. The summed E-state index contributed by atoms with van der Waals surface area (Å²) in [5, 5.41) is 0. The van der Waals surface area contributed by atoms with Crippen molar-refractivity contribution in [3.05, 3.63) is 0 Å². The third-order valence-electron chi connectivity index (χ3n) is 4.17. The van der Waals surface area contributed by atoms with Crippen molar-refractivity contribution in [1.29, 1.82) is 0 Å². The summed E-state index contributed by atoms with van der Waals surface area (Å²) < 4.78 is 13.1. The van der Waals surface area contributed by atoms with Crippen LogP contribution in [0.2, 0.25) is 45.3 Å². The van der Waals surface area contributed by atoms with Gasteiger partial charge in [-0.3, -0.25) is 0 Å². The molecule has 0 saturated carbocycles. The van der Waals surface area contributed by atoms with E-state index in [1.807, 2.05) is 0 Å². The first kappa shape index (κ1) is 20.6. The van der Waals surface area contributed by atoms with Gasteiger partial charge in [0, 0.05) is 5.73 Å². The lowest BCUT2D eigenvalue weighted by Crippen LogP contribution is -2.53. The van der Waals surface area contributed by atoms with Crippen LogP contribution in [0.3, 0.4) is 0 Å². The molecule has 0 aromatic heterocycles. The zero-order valence-corrected chi connectivity index (χ0v) is 18.5. The van der Waals surface area contributed by atoms with Crippen molar-refractivity contribution < 1.29 is 8.85 Å². The fraction of sp³-hybridized carbons (Fsp3) is 1.00. The van der Waals surface area contributed by atoms with E-state index in [-0.39, 0.29) is 0 Å². The highest BCUT2D eigenvalue weighted by molar-refractivity contribution is 6.76. The van der Waals surface area contributed by atoms with Crippen LogP contribution in [0, 0.1) is 0 Å². The number of unbranched alkanes of at least 4 members (excludes halogenated alkanes) is 1. The molecule has 0 radical (unpaired) electrons. The quantitative estimate of drug-likeness (QED) is 0.526. The third-order valence-corrected chi connectivity index (χ3v) is 12.2. The number of rotatable bonds is 10. The van der Waals surface area contributed by atoms with Gasteiger partial charge in [-0.2, -0.15) is 0 Å². The van der Waals surface area contributed by atoms with Gasteiger partial charge < -0.3 is 8.85 Å². The van der Waals surface area contributed by atoms with Crippen molar-refractivity contribution in [3.8, 4) is 0 Å². The molecule has 20 heavy (non-hydrogen) atoms. The number of hydrogen-bond acceptors (Lipinski definition) is 2. The third kappa shape index (κ3) is 7.54. The Hall–Kier alpha value is 0.571. The minimum absolute atomic E-state index is 0.358. The van der Waals surface area contributed by atoms with Crippen LogP contribution in [0.25, 0.3) is 0 Å². The first-order valence-corrected chi connectivity index (χ1v) is 17.5. The molecule has 0 rings (SSSR count). The SMILES string of the molecule is CCCC[Si](C)(C)OC(CC)[Si](C)(C)O[C@@H](C)[SiH](C)C. The van der Waals surface area contributed by atoms with Gasteiger partial charge in [-0.05, 0) is 45.6 Å². The zero-order chi connectivity index (χ0) is 16.0. The molecule has 0 aromatic carbocycles. The largest absolute Gasteiger partial charge is 0.416 e. The first-order valence-electron chi connectivity index (χ1n) is 8.41. The van der Waals surface area contributed by atoms with Crippen LogP contribution >= 0.6 is 0 Å². The minimum Gasteiger partial charge on any atom is -0.416 e. The summed E-state index contributed by atoms with van der Waals surface area (Å²) in [5.74, 6) is 0. The fourth-order valence-electron chi connectivity index (χ4n) is 2.45. The highest BCUT2D eigenvalue weighted by Gasteiger charge is 2.39. The first-order chi connectivity index (χ1) is 9.05. The molecule has 2 atom stereocenters. The predicted molar refractivity (Wildman–Crippen MR) is 99.3 cm³/mol. The van der Waals surface area contributed by atoms with Crippen molar-refractivity contribution >= 4 is 25.4 Å². The zero-order valence-electron chi connectivity index (χ0n) is 15.4. The molecule has 0 bridgehead atoms. The molecule has 0 amide bonds. The molecule has 1 unspecified atom stereocenters. The van der Waals surface area contributed by atoms with Gasteiger partial charge in [0.25, 0.3) is 0 Å². The Labute approximate surface area is 131 Å². The molecule has 0 aromatic rings. The van der Waals surface area contributed by atoms with Crippen LogP contribution in [0.15, 0.2) is 0 Å². The van der Waals surface area contributed by atoms with Gasteiger partial charge >= 0.3 is 0 Å². The summed E-state index contributed by atoms with van der Waals surface area (Å²) >= 11 is 0. The topological polar surface area (TPSA) is 18.5 Å². The predicted octanol–water partition coefficient (Wildman–Crippen LogP) is 4.96. The molecule has 122 valence electrons. The maximum atomic E-state index is 6.63. The lowest BCUT2D eigenvalue weighted by molar-refractivity contribution is 0.192. The van der Waals surface area contributed by atoms with Crippen molar-refractivity contribution in [2.24, 2.45) is 0 Å². The molecule has 0 spiro atoms. The lowest BCUT2D eigenvalue weighted by atomic mass is 10.4. The Morgan fingerprint density at radius 3 is 1.95 bits per heavy atom. The molecule has 0 saturated heterocycles. The van der Waals surface area contributed by atoms with E-state index in [1.165, 1.54) is 18.9 Å². The molecule has 0 fully saturated rings. The van der Waals surface area contributed by atoms with Gasteiger partial charge in [0.1, 0.15) is 0 Å². The van der Waals surface area contributed by atoms with Crippen LogP contribution in [0.1, 0.15) is 40.0 Å². The smallest absolute Gasteiger partial charge is 0.213 e. The molecule has 0 heterocycles. The van der Waals surface area contributed by atoms with E-state index in [9.17, 15) is 0 Å². The van der Waals surface area contributed by atoms with Gasteiger partial charge in [0.15, 0.2) is 8.32 Å². The summed E-state index contributed by atoms with van der Waals surface area (Å²) in [5.41, 5.74) is 0.825. The second-order valence-corrected chi connectivity index (χ2v) is 19.3. The maximum absolute atomic E-state index is 6.63. The van der Waals surface area contributed by atoms with E-state index in [1.54, 1.807) is 0 Å². The molecule has 0 aliphatic rings. The van der Waals surface area contributed by atoms with Crippen LogP contribution < -0.4 is 0 Å². The number of hydrogen-bond donors (Lipinski definition) is 0. The van der Waals surface area contributed by atoms with Gasteiger partial charge in [0.05, 0.1) is 14.5 Å². The monoisotopic (exact) mass is 334 g/mol. The Bertz CT molecular complexity index is 268. The summed E-state index contributed by atoms with van der Waals surface area (Å²) in [6, 6.07) is 1.28. The highest BCUT2D eigenvalue weighted by Crippen LogP contribution is 2.26. The van der Waals surface area contributed by atoms with Crippen molar-refractivity contribution in [3.63, 3.8) is 0 Å². The van der Waals surface area contributed by atoms with Crippen molar-refractivity contribution in [2.45, 2.75) is 96.8 Å². The Morgan fingerprint density at radius 1 is 1.00 bits per heavy atom. The average Bonchev–Trinajstić information content (AvgIpc) is 2.32. The second kappa shape index (κ2) is 8.88. The van der Waals surface area contributed by atoms with E-state index in [4.69, 9.17) is 8.85 Å². The van der Waals surface area contributed by atoms with Crippen molar-refractivity contribution in [2.75, 3.05) is 0 Å². The van der Waals surface area contributed by atoms with E-state index in [2.05, 4.69) is 60.1 Å². The van der Waals surface area contributed by atoms with Crippen LogP contribution in [0.4, 0.5) is 0 Å². The Kier molecular flexibility index (Phi) is 9.13. The van der Waals surface area contributed by atoms with Crippen LogP contribution in [-0.2, 0) is 8.85 Å². The lowest BCUT2D eigenvalue weighted by Gasteiger charge is -2.39. The van der Waals surface area contributed by atoms with E-state index in [0.29, 0.717) is 11.5 Å². The van der Waals surface area contributed by atoms with Crippen LogP contribution in [0.5, 0.6) is 0 Å². The summed E-state index contributed by atoms with van der Waals surface area (Å²) in [6.07, 6.45) is 3.66. The fourth-order valence-corrected chi connectivity index (χ4v) is 11.0. The molecule has 0 aliphatic heterocycles. The van der Waals surface area contributed by atoms with Gasteiger partial charge in [-0.1, -0.05) is 39.8 Å². The second-order valence-electron chi connectivity index (χ2n) is 7.55. The molecule has 0 N–H and O–H groups in total. The summed E-state index contributed by atoms with van der Waals surface area (Å²) in [6.45, 7) is 21.0. The minimum atomic E-state index is -1.76. The average molecular weight is 335 g/mol. The van der Waals surface area contributed by atoms with Gasteiger partial charge in [-0.25, -0.2) is 0 Å². The van der Waals surface area contributed by atoms with E-state index in [0.717, 1.165) is 6.42 Å². The Morgan fingerprint density at radius 2 is 1.55 bits per heavy atom. The van der Waals surface area contributed by atoms with Gasteiger partial charge in [0.2, 0.25) is 8.32 Å². The maximum Gasteiger partial charge on any atom is 0.213 e. The molecule has 2 nitrogen and oxygen atoms in total. The molecule has 0 aliphatic carbocycles. The van der Waals surface area contributed by atoms with Crippen LogP contribution in [-0.4, -0.2) is 36.9 Å². The molecular formula is C15H38O2Si3. The van der Waals surface area contributed by atoms with E-state index >= 15 is 0 Å². The van der Waals surface area contributed by atoms with Crippen molar-refractivity contribution in [1.82, 2.24) is 0 Å². The van der Waals surface area contributed by atoms with E-state index < -0.39 is 25.4 Å². The Balaban J connectivity index is 4.71. The summed E-state index contributed by atoms with van der Waals surface area (Å²) in [4.78, 5) is 0. The molecular weight excluding hydrogens is 296 g/mol. The summed E-state index contributed by atoms with van der Waals surface area (Å²) in [7, 11) is -4.01. The standard InChI is InChI=1S/C15H38O2Si3/c1-10-12-13-19(6,7)17-15(11-2)20(8,9)16-14(3)18(4)5/h14-15,18H,10-13H2,1-9H3/t14-,15?/m1/s1.